The number of carbonyl (C=O) groups excluding carboxylic acids is 1. The number of carbonyl (C=O) groups is 2. The highest BCUT2D eigenvalue weighted by molar-refractivity contribution is 5.90. The molecule has 23 heavy (non-hydrogen) atoms. The lowest BCUT2D eigenvalue weighted by Gasteiger charge is -1.92. The lowest BCUT2D eigenvalue weighted by atomic mass is 10.1. The topological polar surface area (TPSA) is 54.4 Å². The lowest BCUT2D eigenvalue weighted by molar-refractivity contribution is -0.137. The molecule has 0 spiro atoms. The summed E-state index contributed by atoms with van der Waals surface area (Å²) in [4.78, 5) is 22.2. The smallest absolute Gasteiger partial charge is 0.303 e. The summed E-state index contributed by atoms with van der Waals surface area (Å²) in [5, 5.41) is 8.55. The molecule has 0 radical (unpaired) electrons. The molecule has 0 saturated carbocycles. The van der Waals surface area contributed by atoms with E-state index in [1.54, 1.807) is 0 Å². The quantitative estimate of drug-likeness (QED) is 0.201. The van der Waals surface area contributed by atoms with Gasteiger partial charge in [-0.25, -0.2) is 0 Å². The van der Waals surface area contributed by atoms with E-state index < -0.39 is 23.9 Å². The number of allylic oxidation sites excluding steroid dienone is 8. The molecule has 0 heterocycles. The van der Waals surface area contributed by atoms with Crippen LogP contribution in [-0.2, 0) is 9.59 Å². The molecule has 0 aliphatic heterocycles. The molecule has 0 unspecified atom stereocenters. The van der Waals surface area contributed by atoms with Crippen LogP contribution in [0.3, 0.4) is 0 Å². The van der Waals surface area contributed by atoms with Crippen LogP contribution in [-0.4, -0.2) is 16.9 Å². The summed E-state index contributed by atoms with van der Waals surface area (Å²) in [5.41, 5.74) is 0. The third-order valence-corrected chi connectivity index (χ3v) is 2.71. The zero-order chi connectivity index (χ0) is 23.3. The van der Waals surface area contributed by atoms with Gasteiger partial charge in [0.1, 0.15) is 0 Å². The monoisotopic (exact) mass is 325 g/mol. The van der Waals surface area contributed by atoms with Crippen molar-refractivity contribution in [3.05, 3.63) is 48.4 Å². The predicted molar refractivity (Wildman–Crippen MR) is 96.4 cm³/mol. The van der Waals surface area contributed by atoms with Crippen molar-refractivity contribution < 1.29 is 24.3 Å². The molecule has 0 aromatic heterocycles. The number of carboxylic acid groups (broad SMARTS) is 1. The van der Waals surface area contributed by atoms with Crippen LogP contribution < -0.4 is 0 Å². The zero-order valence-electron chi connectivity index (χ0n) is 20.7. The molecule has 0 aromatic carbocycles. The third-order valence-electron chi connectivity index (χ3n) is 2.71. The fraction of sp³-hybridized carbons (Fsp3) is 0.500. The molecule has 0 fully saturated rings. The van der Waals surface area contributed by atoms with Crippen molar-refractivity contribution in [2.45, 2.75) is 64.7 Å². The maximum atomic E-state index is 11.8. The fourth-order valence-corrected chi connectivity index (χ4v) is 1.52. The summed E-state index contributed by atoms with van der Waals surface area (Å²) in [6.45, 7) is 2.03. The second-order valence-corrected chi connectivity index (χ2v) is 4.80. The van der Waals surface area contributed by atoms with Crippen LogP contribution in [0.1, 0.15) is 74.3 Å². The summed E-state index contributed by atoms with van der Waals surface area (Å²) in [6.07, 6.45) is 3.27. The van der Waals surface area contributed by atoms with E-state index >= 15 is 0 Å². The maximum absolute atomic E-state index is 11.8. The highest BCUT2D eigenvalue weighted by atomic mass is 16.4. The van der Waals surface area contributed by atoms with E-state index in [1.165, 1.54) is 0 Å². The van der Waals surface area contributed by atoms with E-state index in [0.717, 1.165) is 25.3 Å². The van der Waals surface area contributed by atoms with Crippen molar-refractivity contribution in [1.29, 1.82) is 0 Å². The summed E-state index contributed by atoms with van der Waals surface area (Å²) in [7, 11) is 0. The van der Waals surface area contributed by atoms with Crippen LogP contribution in [0.5, 0.6) is 0 Å². The Bertz CT molecular complexity index is 737. The van der Waals surface area contributed by atoms with Crippen LogP contribution in [0.4, 0.5) is 0 Å². The summed E-state index contributed by atoms with van der Waals surface area (Å²) >= 11 is 0. The largest absolute Gasteiger partial charge is 0.481 e. The van der Waals surface area contributed by atoms with Crippen molar-refractivity contribution >= 4 is 11.8 Å². The molecule has 0 atom stereocenters. The van der Waals surface area contributed by atoms with E-state index in [4.69, 9.17) is 14.7 Å². The molecular weight excluding hydrogens is 288 g/mol. The molecule has 0 saturated heterocycles. The number of unbranched alkanes of at least 4 members (excludes halogenated alkanes) is 2. The van der Waals surface area contributed by atoms with Gasteiger partial charge in [0.05, 0.1) is 9.60 Å². The van der Waals surface area contributed by atoms with Gasteiger partial charge in [0.25, 0.3) is 0 Å². The second-order valence-electron chi connectivity index (χ2n) is 4.80. The molecule has 0 rings (SSSR count). The number of hydrogen-bond donors (Lipinski definition) is 1. The standard InChI is InChI=1S/C20H30O3/c1-2-3-4-5-6-7-8-9-10-11-12-13-14-16-19(21)17-15-18-20(22)23/h6-7,9-10,12-14,16H,2-5,8,11,15,17-18H2,1H3,(H,22,23)/b7-6-,10-9-,13-12-,16-14-/i6D,7D,9D,10D,12D,13D,16D. The highest BCUT2D eigenvalue weighted by Gasteiger charge is 1.99. The van der Waals surface area contributed by atoms with E-state index in [9.17, 15) is 9.59 Å². The Balaban J connectivity index is 5.05. The van der Waals surface area contributed by atoms with Gasteiger partial charge in [0.15, 0.2) is 5.78 Å². The van der Waals surface area contributed by atoms with Gasteiger partial charge in [-0.2, -0.15) is 0 Å². The summed E-state index contributed by atoms with van der Waals surface area (Å²) < 4.78 is 54.8. The van der Waals surface area contributed by atoms with Gasteiger partial charge in [-0.15, -0.1) is 0 Å². The Morgan fingerprint density at radius 2 is 1.65 bits per heavy atom. The summed E-state index contributed by atoms with van der Waals surface area (Å²) in [6, 6.07) is -1.68. The first-order valence-electron chi connectivity index (χ1n) is 11.4. The minimum Gasteiger partial charge on any atom is -0.481 e. The number of aliphatic carboxylic acids is 1. The van der Waals surface area contributed by atoms with Gasteiger partial charge in [-0.1, -0.05) is 62.2 Å². The van der Waals surface area contributed by atoms with Gasteiger partial charge >= 0.3 is 5.97 Å². The molecule has 0 aliphatic carbocycles. The Kier molecular flexibility index (Phi) is 8.31. The average Bonchev–Trinajstić information content (AvgIpc) is 2.67. The van der Waals surface area contributed by atoms with Crippen molar-refractivity contribution in [2.75, 3.05) is 0 Å². The third kappa shape index (κ3) is 18.1. The minimum atomic E-state index is -1.04. The SMILES string of the molecule is [2H]/C(=C/C([2H])=C(/[2H])C/C([2H])=C(/[2H])C/C([2H])=C(/[2H])CCCCC)C(=O)CCCC(=O)O. The number of carboxylic acids is 1. The van der Waals surface area contributed by atoms with Crippen LogP contribution in [0.25, 0.3) is 0 Å². The average molecular weight is 325 g/mol. The van der Waals surface area contributed by atoms with Crippen molar-refractivity contribution in [3.63, 3.8) is 0 Å². The van der Waals surface area contributed by atoms with Crippen molar-refractivity contribution in [1.82, 2.24) is 0 Å². The Labute approximate surface area is 150 Å². The van der Waals surface area contributed by atoms with Gasteiger partial charge in [0.2, 0.25) is 0 Å². The van der Waals surface area contributed by atoms with Crippen LogP contribution in [0.15, 0.2) is 48.4 Å². The fourth-order valence-electron chi connectivity index (χ4n) is 1.52. The zero-order valence-corrected chi connectivity index (χ0v) is 13.7. The molecule has 3 heteroatoms. The molecule has 128 valence electrons. The van der Waals surface area contributed by atoms with E-state index in [0.29, 0.717) is 6.42 Å². The van der Waals surface area contributed by atoms with Crippen LogP contribution >= 0.6 is 0 Å². The van der Waals surface area contributed by atoms with Crippen LogP contribution in [0, 0.1) is 0 Å². The van der Waals surface area contributed by atoms with E-state index in [2.05, 4.69) is 0 Å². The Morgan fingerprint density at radius 3 is 2.35 bits per heavy atom. The molecular formula is C20H30O3. The normalized spacial score (nSPS) is 19.5. The van der Waals surface area contributed by atoms with E-state index in [1.807, 2.05) is 6.92 Å². The first kappa shape index (κ1) is 11.6. The van der Waals surface area contributed by atoms with Gasteiger partial charge in [-0.05, 0) is 38.2 Å². The highest BCUT2D eigenvalue weighted by Crippen LogP contribution is 2.01. The van der Waals surface area contributed by atoms with Crippen LogP contribution in [0.2, 0.25) is 0 Å². The van der Waals surface area contributed by atoms with Gasteiger partial charge < -0.3 is 5.11 Å². The number of hydrogen-bond acceptors (Lipinski definition) is 2. The molecule has 0 aliphatic rings. The number of rotatable bonds is 14. The molecule has 0 bridgehead atoms. The maximum Gasteiger partial charge on any atom is 0.303 e. The molecule has 1 N–H and O–H groups in total. The predicted octanol–water partition coefficient (Wildman–Crippen LogP) is 5.40. The lowest BCUT2D eigenvalue weighted by Crippen LogP contribution is -1.97. The molecule has 0 aromatic rings. The summed E-state index contributed by atoms with van der Waals surface area (Å²) in [5.74, 6) is -1.68. The molecule has 3 nitrogen and oxygen atoms in total. The second kappa shape index (κ2) is 16.5. The van der Waals surface area contributed by atoms with Crippen molar-refractivity contribution in [2.24, 2.45) is 0 Å². The Hall–Kier alpha value is -1.90. The van der Waals surface area contributed by atoms with Gasteiger partial charge in [0, 0.05) is 12.8 Å². The Morgan fingerprint density at radius 1 is 0.957 bits per heavy atom. The van der Waals surface area contributed by atoms with Crippen molar-refractivity contribution in [3.8, 4) is 0 Å². The van der Waals surface area contributed by atoms with E-state index in [-0.39, 0.29) is 62.4 Å². The number of ketones is 1. The van der Waals surface area contributed by atoms with Gasteiger partial charge in [-0.3, -0.25) is 9.59 Å². The first-order chi connectivity index (χ1) is 14.0. The minimum absolute atomic E-state index is 0.0391. The molecule has 0 amide bonds. The first-order valence-corrected chi connectivity index (χ1v) is 7.89.